The Kier molecular flexibility index (Phi) is 5.00. The van der Waals surface area contributed by atoms with Gasteiger partial charge >= 0.3 is 18.0 Å². The molecule has 1 aliphatic heterocycles. The minimum atomic E-state index is -0.946. The number of carbonyl (C=O) groups excluding carboxylic acids is 2. The number of rotatable bonds is 5. The number of hydrogen-bond acceptors (Lipinski definition) is 5. The Balaban J connectivity index is 1.98. The molecule has 8 nitrogen and oxygen atoms in total. The van der Waals surface area contributed by atoms with Gasteiger partial charge in [0.25, 0.3) is 0 Å². The number of aliphatic carboxylic acids is 1. The van der Waals surface area contributed by atoms with Crippen LogP contribution in [0.3, 0.4) is 0 Å². The number of nitrogens with zero attached hydrogens (tertiary/aromatic N) is 1. The summed E-state index contributed by atoms with van der Waals surface area (Å²) in [5.74, 6) is -1.27. The summed E-state index contributed by atoms with van der Waals surface area (Å²) in [5, 5.41) is 11.6. The Bertz CT molecular complexity index is 423. The maximum absolute atomic E-state index is 12.3. The summed E-state index contributed by atoms with van der Waals surface area (Å²) in [5.41, 5.74) is 0. The fourth-order valence-corrected chi connectivity index (χ4v) is 2.44. The number of esters is 1. The van der Waals surface area contributed by atoms with Gasteiger partial charge in [0.05, 0.1) is 26.7 Å². The zero-order valence-electron chi connectivity index (χ0n) is 11.9. The lowest BCUT2D eigenvalue weighted by atomic mass is 10.1. The molecule has 2 aliphatic rings. The highest BCUT2D eigenvalue weighted by Crippen LogP contribution is 2.34. The third kappa shape index (κ3) is 4.07. The van der Waals surface area contributed by atoms with Crippen molar-refractivity contribution in [3.05, 3.63) is 0 Å². The second-order valence-corrected chi connectivity index (χ2v) is 5.30. The summed E-state index contributed by atoms with van der Waals surface area (Å²) in [6, 6.07) is -1.61. The van der Waals surface area contributed by atoms with Crippen LogP contribution in [0.5, 0.6) is 0 Å². The Morgan fingerprint density at radius 1 is 1.43 bits per heavy atom. The van der Waals surface area contributed by atoms with Crippen LogP contribution >= 0.6 is 0 Å². The van der Waals surface area contributed by atoms with Gasteiger partial charge in [0.15, 0.2) is 6.04 Å². The van der Waals surface area contributed by atoms with Crippen LogP contribution in [0.4, 0.5) is 4.79 Å². The first-order valence-corrected chi connectivity index (χ1v) is 6.97. The number of nitrogens with one attached hydrogen (secondary N) is 1. The van der Waals surface area contributed by atoms with E-state index in [2.05, 4.69) is 10.1 Å². The van der Waals surface area contributed by atoms with Crippen molar-refractivity contribution in [3.8, 4) is 0 Å². The summed E-state index contributed by atoms with van der Waals surface area (Å²) in [6.07, 6.45) is 1.73. The first-order chi connectivity index (χ1) is 10.0. The van der Waals surface area contributed by atoms with Crippen molar-refractivity contribution in [1.82, 2.24) is 10.2 Å². The lowest BCUT2D eigenvalue weighted by Gasteiger charge is -2.34. The third-order valence-corrected chi connectivity index (χ3v) is 3.76. The van der Waals surface area contributed by atoms with Crippen LogP contribution in [0.15, 0.2) is 0 Å². The molecule has 8 heteroatoms. The van der Waals surface area contributed by atoms with Crippen LogP contribution in [-0.2, 0) is 19.1 Å². The normalized spacial score (nSPS) is 23.3. The zero-order chi connectivity index (χ0) is 15.4. The minimum absolute atomic E-state index is 0.0904. The molecular formula is C13H20N2O6. The molecule has 21 heavy (non-hydrogen) atoms. The fourth-order valence-electron chi connectivity index (χ4n) is 2.44. The van der Waals surface area contributed by atoms with Gasteiger partial charge in [0, 0.05) is 12.6 Å². The number of carbonyl (C=O) groups is 3. The van der Waals surface area contributed by atoms with Crippen molar-refractivity contribution >= 4 is 18.0 Å². The second-order valence-electron chi connectivity index (χ2n) is 5.30. The number of amides is 2. The number of ether oxygens (including phenoxy) is 2. The summed E-state index contributed by atoms with van der Waals surface area (Å²) < 4.78 is 9.86. The van der Waals surface area contributed by atoms with Gasteiger partial charge in [-0.2, -0.15) is 0 Å². The molecule has 0 aromatic heterocycles. The first kappa shape index (κ1) is 15.6. The minimum Gasteiger partial charge on any atom is -0.481 e. The van der Waals surface area contributed by atoms with Gasteiger partial charge in [-0.1, -0.05) is 0 Å². The van der Waals surface area contributed by atoms with Crippen molar-refractivity contribution in [3.63, 3.8) is 0 Å². The summed E-state index contributed by atoms with van der Waals surface area (Å²) in [7, 11) is 1.25. The van der Waals surface area contributed by atoms with Gasteiger partial charge in [-0.3, -0.25) is 4.79 Å². The average Bonchev–Trinajstić information content (AvgIpc) is 3.29. The van der Waals surface area contributed by atoms with Gasteiger partial charge in [0.1, 0.15) is 0 Å². The molecule has 0 radical (unpaired) electrons. The maximum atomic E-state index is 12.3. The monoisotopic (exact) mass is 300 g/mol. The lowest BCUT2D eigenvalue weighted by Crippen LogP contribution is -2.57. The van der Waals surface area contributed by atoms with Gasteiger partial charge in [-0.05, 0) is 18.8 Å². The van der Waals surface area contributed by atoms with Gasteiger partial charge in [-0.25, -0.2) is 9.59 Å². The number of methoxy groups -OCH3 is 1. The van der Waals surface area contributed by atoms with E-state index in [0.717, 1.165) is 12.8 Å². The summed E-state index contributed by atoms with van der Waals surface area (Å²) in [6.45, 7) is 0.705. The highest BCUT2D eigenvalue weighted by Gasteiger charge is 2.38. The molecule has 1 heterocycles. The molecule has 2 rings (SSSR count). The third-order valence-electron chi connectivity index (χ3n) is 3.76. The zero-order valence-corrected chi connectivity index (χ0v) is 11.9. The van der Waals surface area contributed by atoms with Crippen LogP contribution in [0, 0.1) is 5.92 Å². The molecule has 0 aromatic rings. The van der Waals surface area contributed by atoms with Gasteiger partial charge in [-0.15, -0.1) is 0 Å². The Hall–Kier alpha value is -1.83. The Morgan fingerprint density at radius 2 is 2.14 bits per heavy atom. The fraction of sp³-hybridized carbons (Fsp3) is 0.769. The van der Waals surface area contributed by atoms with E-state index in [-0.39, 0.29) is 25.5 Å². The van der Waals surface area contributed by atoms with Crippen LogP contribution in [0.1, 0.15) is 19.3 Å². The molecule has 2 unspecified atom stereocenters. The number of carboxylic acid groups (broad SMARTS) is 1. The smallest absolute Gasteiger partial charge is 0.331 e. The summed E-state index contributed by atoms with van der Waals surface area (Å²) >= 11 is 0. The van der Waals surface area contributed by atoms with Crippen LogP contribution in [-0.4, -0.2) is 66.9 Å². The molecule has 2 N–H and O–H groups in total. The number of hydrogen-bond donors (Lipinski definition) is 2. The van der Waals surface area contributed by atoms with Gasteiger partial charge in [0.2, 0.25) is 0 Å². The van der Waals surface area contributed by atoms with E-state index in [1.165, 1.54) is 12.0 Å². The molecule has 1 saturated heterocycles. The molecule has 2 amide bonds. The van der Waals surface area contributed by atoms with E-state index in [0.29, 0.717) is 6.61 Å². The predicted octanol–water partition coefficient (Wildman–Crippen LogP) is -0.177. The summed E-state index contributed by atoms with van der Waals surface area (Å²) in [4.78, 5) is 36.2. The lowest BCUT2D eigenvalue weighted by molar-refractivity contribution is -0.151. The largest absolute Gasteiger partial charge is 0.481 e. The van der Waals surface area contributed by atoms with E-state index in [1.807, 2.05) is 0 Å². The Labute approximate surface area is 122 Å². The average molecular weight is 300 g/mol. The number of urea groups is 1. The van der Waals surface area contributed by atoms with Crippen molar-refractivity contribution in [2.24, 2.45) is 5.92 Å². The van der Waals surface area contributed by atoms with Crippen LogP contribution in [0.2, 0.25) is 0 Å². The molecule has 0 bridgehead atoms. The van der Waals surface area contributed by atoms with Crippen molar-refractivity contribution in [2.75, 3.05) is 26.9 Å². The molecule has 0 aromatic carbocycles. The molecule has 2 fully saturated rings. The quantitative estimate of drug-likeness (QED) is 0.683. The van der Waals surface area contributed by atoms with Crippen LogP contribution < -0.4 is 5.32 Å². The van der Waals surface area contributed by atoms with E-state index in [1.54, 1.807) is 0 Å². The predicted molar refractivity (Wildman–Crippen MR) is 70.6 cm³/mol. The Morgan fingerprint density at radius 3 is 2.71 bits per heavy atom. The highest BCUT2D eigenvalue weighted by atomic mass is 16.5. The maximum Gasteiger partial charge on any atom is 0.331 e. The number of morpholine rings is 1. The van der Waals surface area contributed by atoms with Crippen molar-refractivity contribution < 1.29 is 29.0 Å². The number of carboxylic acids is 1. The van der Waals surface area contributed by atoms with E-state index < -0.39 is 30.1 Å². The van der Waals surface area contributed by atoms with Crippen molar-refractivity contribution in [1.29, 1.82) is 0 Å². The van der Waals surface area contributed by atoms with Crippen LogP contribution in [0.25, 0.3) is 0 Å². The molecule has 2 atom stereocenters. The second kappa shape index (κ2) is 6.75. The molecule has 0 spiro atoms. The topological polar surface area (TPSA) is 105 Å². The molecular weight excluding hydrogens is 280 g/mol. The molecule has 1 aliphatic carbocycles. The van der Waals surface area contributed by atoms with Gasteiger partial charge < -0.3 is 24.8 Å². The molecule has 1 saturated carbocycles. The van der Waals surface area contributed by atoms with E-state index in [4.69, 9.17) is 9.84 Å². The molecule has 118 valence electrons. The highest BCUT2D eigenvalue weighted by molar-refractivity contribution is 5.84. The first-order valence-electron chi connectivity index (χ1n) is 6.97. The van der Waals surface area contributed by atoms with Crippen molar-refractivity contribution in [2.45, 2.75) is 31.3 Å². The van der Waals surface area contributed by atoms with E-state index >= 15 is 0 Å². The standard InChI is InChI=1S/C13H20N2O6/c1-20-12(18)10-7-21-5-4-15(10)13(19)14-9(6-11(16)17)8-2-3-8/h8-10H,2-7H2,1H3,(H,14,19)(H,16,17). The van der Waals surface area contributed by atoms with E-state index in [9.17, 15) is 14.4 Å². The SMILES string of the molecule is COC(=O)C1COCCN1C(=O)NC(CC(=O)O)C1CC1.